The summed E-state index contributed by atoms with van der Waals surface area (Å²) in [6.07, 6.45) is 3.04. The first-order chi connectivity index (χ1) is 12.0. The number of hydrogen-bond acceptors (Lipinski definition) is 5. The molecule has 0 unspecified atom stereocenters. The third-order valence-electron chi connectivity index (χ3n) is 4.75. The van der Waals surface area contributed by atoms with E-state index in [1.165, 1.54) is 23.4 Å². The summed E-state index contributed by atoms with van der Waals surface area (Å²) in [6.45, 7) is 3.57. The number of pyridine rings is 1. The minimum absolute atomic E-state index is 0.101. The summed E-state index contributed by atoms with van der Waals surface area (Å²) in [6, 6.07) is 9.57. The van der Waals surface area contributed by atoms with Gasteiger partial charge >= 0.3 is 0 Å². The number of carbonyl (C=O) groups excluding carboxylic acids is 1. The van der Waals surface area contributed by atoms with Gasteiger partial charge in [-0.05, 0) is 36.8 Å². The summed E-state index contributed by atoms with van der Waals surface area (Å²) < 4.78 is 0. The highest BCUT2D eigenvalue weighted by Crippen LogP contribution is 2.33. The van der Waals surface area contributed by atoms with E-state index in [9.17, 15) is 14.9 Å². The maximum Gasteiger partial charge on any atom is 0.288 e. The highest BCUT2D eigenvalue weighted by molar-refractivity contribution is 5.98. The summed E-state index contributed by atoms with van der Waals surface area (Å²) in [4.78, 5) is 28.2. The fraction of sp³-hybridized carbons (Fsp3) is 0.333. The number of benzene rings is 1. The quantitative estimate of drug-likeness (QED) is 0.681. The molecular weight excluding hydrogens is 320 g/mol. The Morgan fingerprint density at radius 3 is 2.60 bits per heavy atom. The third kappa shape index (κ3) is 3.45. The lowest BCUT2D eigenvalue weighted by Gasteiger charge is -2.34. The van der Waals surface area contributed by atoms with E-state index in [0.717, 1.165) is 25.9 Å². The van der Waals surface area contributed by atoms with Gasteiger partial charge in [0.15, 0.2) is 0 Å². The predicted octanol–water partition coefficient (Wildman–Crippen LogP) is 2.78. The molecule has 1 aromatic carbocycles. The molecule has 3 rings (SSSR count). The number of aromatic nitrogens is 1. The number of nitrogens with two attached hydrogens (primary N) is 1. The molecule has 1 aliphatic heterocycles. The number of carbonyl (C=O) groups is 1. The molecular formula is C18H20N4O3. The number of amides is 1. The van der Waals surface area contributed by atoms with Crippen molar-refractivity contribution in [1.82, 2.24) is 4.98 Å². The summed E-state index contributed by atoms with van der Waals surface area (Å²) >= 11 is 0. The number of rotatable bonds is 4. The molecule has 1 saturated heterocycles. The fourth-order valence-corrected chi connectivity index (χ4v) is 3.43. The number of primary amides is 1. The standard InChI is InChI=1S/C18H20N4O3/c1-12-4-2-3-5-15(12)13-6-8-21(9-7-13)18-16(17(19)23)10-14(11-20-18)22(24)25/h2-5,10-11,13H,6-9H2,1H3,(H2,19,23). The van der Waals surface area contributed by atoms with Crippen molar-refractivity contribution in [2.24, 2.45) is 5.73 Å². The minimum atomic E-state index is -0.702. The smallest absolute Gasteiger partial charge is 0.288 e. The first-order valence-electron chi connectivity index (χ1n) is 8.22. The molecule has 1 aromatic heterocycles. The van der Waals surface area contributed by atoms with Crippen LogP contribution in [0, 0.1) is 17.0 Å². The zero-order valence-corrected chi connectivity index (χ0v) is 14.0. The summed E-state index contributed by atoms with van der Waals surface area (Å²) in [7, 11) is 0. The average Bonchev–Trinajstić information content (AvgIpc) is 2.61. The highest BCUT2D eigenvalue weighted by atomic mass is 16.6. The van der Waals surface area contributed by atoms with E-state index >= 15 is 0 Å². The van der Waals surface area contributed by atoms with Crippen molar-refractivity contribution in [1.29, 1.82) is 0 Å². The normalized spacial score (nSPS) is 15.2. The second kappa shape index (κ2) is 6.88. The van der Waals surface area contributed by atoms with E-state index in [2.05, 4.69) is 30.1 Å². The first-order valence-corrected chi connectivity index (χ1v) is 8.22. The third-order valence-corrected chi connectivity index (χ3v) is 4.75. The number of nitro groups is 1. The van der Waals surface area contributed by atoms with Crippen LogP contribution in [0.2, 0.25) is 0 Å². The van der Waals surface area contributed by atoms with Crippen LogP contribution in [0.1, 0.15) is 40.2 Å². The Balaban J connectivity index is 1.80. The van der Waals surface area contributed by atoms with Gasteiger partial charge in [0.25, 0.3) is 11.6 Å². The predicted molar refractivity (Wildman–Crippen MR) is 94.8 cm³/mol. The van der Waals surface area contributed by atoms with E-state index in [0.29, 0.717) is 11.7 Å². The van der Waals surface area contributed by atoms with E-state index in [-0.39, 0.29) is 11.3 Å². The van der Waals surface area contributed by atoms with Crippen molar-refractivity contribution in [3.05, 3.63) is 63.3 Å². The Kier molecular flexibility index (Phi) is 4.65. The molecule has 2 N–H and O–H groups in total. The van der Waals surface area contributed by atoms with Crippen molar-refractivity contribution in [2.45, 2.75) is 25.7 Å². The van der Waals surface area contributed by atoms with Gasteiger partial charge in [-0.15, -0.1) is 0 Å². The SMILES string of the molecule is Cc1ccccc1C1CCN(c2ncc([N+](=O)[O-])cc2C(N)=O)CC1. The number of anilines is 1. The fourth-order valence-electron chi connectivity index (χ4n) is 3.43. The van der Waals surface area contributed by atoms with Crippen LogP contribution in [0.3, 0.4) is 0 Å². The lowest BCUT2D eigenvalue weighted by atomic mass is 9.87. The summed E-state index contributed by atoms with van der Waals surface area (Å²) in [5.74, 6) is 0.195. The molecule has 0 atom stereocenters. The van der Waals surface area contributed by atoms with Gasteiger partial charge in [0, 0.05) is 19.2 Å². The van der Waals surface area contributed by atoms with Crippen molar-refractivity contribution < 1.29 is 9.72 Å². The lowest BCUT2D eigenvalue weighted by Crippen LogP contribution is -2.35. The van der Waals surface area contributed by atoms with E-state index in [4.69, 9.17) is 5.73 Å². The molecule has 2 aromatic rings. The van der Waals surface area contributed by atoms with Gasteiger partial charge in [-0.3, -0.25) is 14.9 Å². The average molecular weight is 340 g/mol. The van der Waals surface area contributed by atoms with Crippen LogP contribution in [0.25, 0.3) is 0 Å². The Labute approximate surface area is 145 Å². The molecule has 7 nitrogen and oxygen atoms in total. The van der Waals surface area contributed by atoms with E-state index in [1.54, 1.807) is 0 Å². The number of hydrogen-bond donors (Lipinski definition) is 1. The first kappa shape index (κ1) is 16.9. The second-order valence-corrected chi connectivity index (χ2v) is 6.30. The van der Waals surface area contributed by atoms with Crippen LogP contribution in [-0.4, -0.2) is 28.9 Å². The molecule has 7 heteroatoms. The van der Waals surface area contributed by atoms with Gasteiger partial charge in [0.2, 0.25) is 0 Å². The molecule has 0 radical (unpaired) electrons. The molecule has 130 valence electrons. The highest BCUT2D eigenvalue weighted by Gasteiger charge is 2.26. The topological polar surface area (TPSA) is 102 Å². The molecule has 0 bridgehead atoms. The van der Waals surface area contributed by atoms with Crippen LogP contribution in [-0.2, 0) is 0 Å². The van der Waals surface area contributed by atoms with E-state index in [1.807, 2.05) is 11.0 Å². The zero-order valence-electron chi connectivity index (χ0n) is 14.0. The Morgan fingerprint density at radius 2 is 2.00 bits per heavy atom. The van der Waals surface area contributed by atoms with Crippen LogP contribution in [0.4, 0.5) is 11.5 Å². The number of aryl methyl sites for hydroxylation is 1. The van der Waals surface area contributed by atoms with Crippen LogP contribution < -0.4 is 10.6 Å². The largest absolute Gasteiger partial charge is 0.365 e. The number of nitrogens with zero attached hydrogens (tertiary/aromatic N) is 3. The van der Waals surface area contributed by atoms with Gasteiger partial charge in [0.1, 0.15) is 12.0 Å². The molecule has 1 amide bonds. The van der Waals surface area contributed by atoms with Crippen LogP contribution >= 0.6 is 0 Å². The lowest BCUT2D eigenvalue weighted by molar-refractivity contribution is -0.385. The molecule has 0 spiro atoms. The summed E-state index contributed by atoms with van der Waals surface area (Å²) in [5, 5.41) is 10.9. The molecule has 25 heavy (non-hydrogen) atoms. The Morgan fingerprint density at radius 1 is 1.32 bits per heavy atom. The zero-order chi connectivity index (χ0) is 18.0. The van der Waals surface area contributed by atoms with Gasteiger partial charge in [-0.25, -0.2) is 4.98 Å². The molecule has 2 heterocycles. The number of piperidine rings is 1. The van der Waals surface area contributed by atoms with Crippen molar-refractivity contribution in [2.75, 3.05) is 18.0 Å². The summed E-state index contributed by atoms with van der Waals surface area (Å²) in [5.41, 5.74) is 7.91. The van der Waals surface area contributed by atoms with Crippen LogP contribution in [0.15, 0.2) is 36.5 Å². The van der Waals surface area contributed by atoms with E-state index < -0.39 is 10.8 Å². The maximum absolute atomic E-state index is 11.7. The molecule has 1 aliphatic rings. The van der Waals surface area contributed by atoms with Crippen molar-refractivity contribution in [3.8, 4) is 0 Å². The monoisotopic (exact) mass is 340 g/mol. The second-order valence-electron chi connectivity index (χ2n) is 6.30. The Bertz CT molecular complexity index is 814. The van der Waals surface area contributed by atoms with Crippen molar-refractivity contribution >= 4 is 17.4 Å². The molecule has 1 fully saturated rings. The molecule has 0 aliphatic carbocycles. The van der Waals surface area contributed by atoms with Gasteiger partial charge in [0.05, 0.1) is 10.5 Å². The van der Waals surface area contributed by atoms with Gasteiger partial charge in [-0.2, -0.15) is 0 Å². The van der Waals surface area contributed by atoms with Crippen LogP contribution in [0.5, 0.6) is 0 Å². The Hall–Kier alpha value is -2.96. The molecule has 0 saturated carbocycles. The van der Waals surface area contributed by atoms with Gasteiger partial charge < -0.3 is 10.6 Å². The minimum Gasteiger partial charge on any atom is -0.365 e. The van der Waals surface area contributed by atoms with Crippen molar-refractivity contribution in [3.63, 3.8) is 0 Å². The maximum atomic E-state index is 11.7. The van der Waals surface area contributed by atoms with Gasteiger partial charge in [-0.1, -0.05) is 24.3 Å².